The molecular formula is C33H42FN3O4S. The van der Waals surface area contributed by atoms with Crippen molar-refractivity contribution in [3.8, 4) is 0 Å². The van der Waals surface area contributed by atoms with E-state index in [9.17, 15) is 22.4 Å². The lowest BCUT2D eigenvalue weighted by atomic mass is 10.0. The number of hydrogen-bond donors (Lipinski definition) is 1. The number of rotatable bonds is 15. The maximum absolute atomic E-state index is 14.8. The van der Waals surface area contributed by atoms with Crippen LogP contribution in [0.2, 0.25) is 0 Å². The Kier molecular flexibility index (Phi) is 12.1. The molecule has 0 bridgehead atoms. The summed E-state index contributed by atoms with van der Waals surface area (Å²) in [4.78, 5) is 28.8. The maximum Gasteiger partial charge on any atom is 0.243 e. The lowest BCUT2D eigenvalue weighted by molar-refractivity contribution is -0.141. The van der Waals surface area contributed by atoms with Gasteiger partial charge in [0.15, 0.2) is 0 Å². The number of hydrogen-bond acceptors (Lipinski definition) is 4. The van der Waals surface area contributed by atoms with Gasteiger partial charge in [0.25, 0.3) is 0 Å². The van der Waals surface area contributed by atoms with Crippen LogP contribution in [0.25, 0.3) is 0 Å². The first-order chi connectivity index (χ1) is 20.0. The van der Waals surface area contributed by atoms with Crippen molar-refractivity contribution in [3.05, 3.63) is 101 Å². The lowest BCUT2D eigenvalue weighted by Crippen LogP contribution is -2.50. The van der Waals surface area contributed by atoms with Gasteiger partial charge >= 0.3 is 0 Å². The quantitative estimate of drug-likeness (QED) is 0.234. The topological polar surface area (TPSA) is 86.8 Å². The van der Waals surface area contributed by atoms with Crippen LogP contribution in [0.15, 0.2) is 72.8 Å². The fraction of sp³-hybridized carbons (Fsp3) is 0.394. The highest BCUT2D eigenvalue weighted by atomic mass is 32.2. The van der Waals surface area contributed by atoms with Gasteiger partial charge in [0.1, 0.15) is 11.9 Å². The van der Waals surface area contributed by atoms with Gasteiger partial charge in [-0.2, -0.15) is 0 Å². The molecule has 0 aromatic heterocycles. The molecule has 1 N–H and O–H groups in total. The van der Waals surface area contributed by atoms with E-state index in [1.807, 2.05) is 69.3 Å². The molecule has 2 amide bonds. The third kappa shape index (κ3) is 9.41. The van der Waals surface area contributed by atoms with Gasteiger partial charge in [0, 0.05) is 38.0 Å². The summed E-state index contributed by atoms with van der Waals surface area (Å²) in [7, 11) is -3.62. The van der Waals surface area contributed by atoms with Crippen molar-refractivity contribution < 1.29 is 22.4 Å². The highest BCUT2D eigenvalue weighted by molar-refractivity contribution is 7.92. The number of anilines is 1. The molecule has 7 nitrogen and oxygen atoms in total. The first kappa shape index (κ1) is 32.8. The van der Waals surface area contributed by atoms with Crippen molar-refractivity contribution in [3.63, 3.8) is 0 Å². The summed E-state index contributed by atoms with van der Waals surface area (Å²) < 4.78 is 41.6. The van der Waals surface area contributed by atoms with Crippen LogP contribution in [-0.2, 0) is 32.6 Å². The monoisotopic (exact) mass is 595 g/mol. The van der Waals surface area contributed by atoms with Gasteiger partial charge in [-0.3, -0.25) is 13.9 Å². The van der Waals surface area contributed by atoms with E-state index in [1.54, 1.807) is 18.2 Å². The minimum absolute atomic E-state index is 0.0150. The van der Waals surface area contributed by atoms with Gasteiger partial charge in [0.05, 0.1) is 11.9 Å². The van der Waals surface area contributed by atoms with Crippen molar-refractivity contribution in [2.24, 2.45) is 0 Å². The summed E-state index contributed by atoms with van der Waals surface area (Å²) in [5, 5.41) is 2.95. The Bertz CT molecular complexity index is 1450. The zero-order valence-corrected chi connectivity index (χ0v) is 25.8. The van der Waals surface area contributed by atoms with Gasteiger partial charge in [0.2, 0.25) is 21.8 Å². The molecule has 0 unspecified atom stereocenters. The molecule has 9 heteroatoms. The molecule has 0 aliphatic rings. The molecule has 226 valence electrons. The van der Waals surface area contributed by atoms with E-state index in [0.717, 1.165) is 35.8 Å². The minimum atomic E-state index is -3.62. The van der Waals surface area contributed by atoms with E-state index in [1.165, 1.54) is 15.3 Å². The molecule has 0 spiro atoms. The molecule has 1 atom stereocenters. The number of benzene rings is 3. The number of nitrogens with zero attached hydrogens (tertiary/aromatic N) is 2. The predicted octanol–water partition coefficient (Wildman–Crippen LogP) is 5.55. The van der Waals surface area contributed by atoms with E-state index in [4.69, 9.17) is 0 Å². The Hall–Kier alpha value is -3.72. The van der Waals surface area contributed by atoms with Crippen molar-refractivity contribution in [2.45, 2.75) is 65.5 Å². The van der Waals surface area contributed by atoms with Crippen molar-refractivity contribution in [1.82, 2.24) is 10.2 Å². The second-order valence-electron chi connectivity index (χ2n) is 10.7. The average Bonchev–Trinajstić information content (AvgIpc) is 2.95. The van der Waals surface area contributed by atoms with Crippen molar-refractivity contribution >= 4 is 27.5 Å². The molecule has 3 aromatic rings. The highest BCUT2D eigenvalue weighted by Crippen LogP contribution is 2.25. The first-order valence-electron chi connectivity index (χ1n) is 14.4. The van der Waals surface area contributed by atoms with E-state index in [0.29, 0.717) is 17.8 Å². The van der Waals surface area contributed by atoms with Gasteiger partial charge in [-0.15, -0.1) is 0 Å². The average molecular weight is 596 g/mol. The Morgan fingerprint density at radius 2 is 1.64 bits per heavy atom. The SMILES string of the molecule is CCCCNC(=O)[C@H](Cc1ccccc1)N(Cc1ccccc1F)C(=O)CCCN(c1cc(C)ccc1C)S(C)(=O)=O. The fourth-order valence-corrected chi connectivity index (χ4v) is 5.86. The molecule has 0 aliphatic heterocycles. The number of carbonyl (C=O) groups is 2. The fourth-order valence-electron chi connectivity index (χ4n) is 4.84. The molecule has 3 rings (SSSR count). The van der Waals surface area contributed by atoms with E-state index < -0.39 is 21.9 Å². The molecule has 0 radical (unpaired) electrons. The smallest absolute Gasteiger partial charge is 0.243 e. The van der Waals surface area contributed by atoms with Crippen molar-refractivity contribution in [2.75, 3.05) is 23.7 Å². The Morgan fingerprint density at radius 3 is 2.31 bits per heavy atom. The Balaban J connectivity index is 1.90. The summed E-state index contributed by atoms with van der Waals surface area (Å²) >= 11 is 0. The van der Waals surface area contributed by atoms with Crippen molar-refractivity contribution in [1.29, 1.82) is 0 Å². The number of aryl methyl sites for hydroxylation is 2. The largest absolute Gasteiger partial charge is 0.354 e. The highest BCUT2D eigenvalue weighted by Gasteiger charge is 2.31. The Morgan fingerprint density at radius 1 is 0.952 bits per heavy atom. The third-order valence-corrected chi connectivity index (χ3v) is 8.36. The maximum atomic E-state index is 14.8. The van der Waals surface area contributed by atoms with Gasteiger partial charge < -0.3 is 10.2 Å². The minimum Gasteiger partial charge on any atom is -0.354 e. The molecule has 3 aromatic carbocycles. The summed E-state index contributed by atoms with van der Waals surface area (Å²) in [5.41, 5.74) is 3.49. The number of halogens is 1. The molecule has 0 heterocycles. The molecule has 0 aliphatic carbocycles. The van der Waals surface area contributed by atoms with E-state index in [-0.39, 0.29) is 44.2 Å². The first-order valence-corrected chi connectivity index (χ1v) is 16.3. The van der Waals surface area contributed by atoms with Crippen LogP contribution < -0.4 is 9.62 Å². The number of sulfonamides is 1. The zero-order chi connectivity index (χ0) is 30.7. The predicted molar refractivity (Wildman–Crippen MR) is 166 cm³/mol. The third-order valence-electron chi connectivity index (χ3n) is 7.18. The lowest BCUT2D eigenvalue weighted by Gasteiger charge is -2.32. The molecule has 0 saturated heterocycles. The van der Waals surface area contributed by atoms with Gasteiger partial charge in [-0.25, -0.2) is 12.8 Å². The van der Waals surface area contributed by atoms with Crippen LogP contribution in [-0.4, -0.2) is 50.5 Å². The summed E-state index contributed by atoms with van der Waals surface area (Å²) in [6.45, 7) is 6.25. The normalized spacial score (nSPS) is 12.0. The summed E-state index contributed by atoms with van der Waals surface area (Å²) in [5.74, 6) is -1.11. The second kappa shape index (κ2) is 15.5. The molecule has 0 saturated carbocycles. The van der Waals surface area contributed by atoms with Crippen LogP contribution in [0, 0.1) is 19.7 Å². The standard InChI is InChI=1S/C33H42FN3O4S/c1-5-6-20-35-33(39)31(23-27-13-8-7-9-14-27)36(24-28-15-10-11-16-29(28)34)32(38)17-12-21-37(42(4,40)41)30-22-25(2)18-19-26(30)3/h7-11,13-16,18-19,22,31H,5-6,12,17,20-21,23-24H2,1-4H3,(H,35,39)/t31-/m0/s1. The van der Waals surface area contributed by atoms with Crippen LogP contribution in [0.1, 0.15) is 54.9 Å². The van der Waals surface area contributed by atoms with Crippen LogP contribution in [0.5, 0.6) is 0 Å². The van der Waals surface area contributed by atoms with E-state index in [2.05, 4.69) is 5.32 Å². The van der Waals surface area contributed by atoms with Gasteiger partial charge in [-0.1, -0.05) is 74.0 Å². The van der Waals surface area contributed by atoms with E-state index >= 15 is 0 Å². The Labute approximate surface area is 249 Å². The molecule has 0 fully saturated rings. The van der Waals surface area contributed by atoms with Crippen LogP contribution in [0.4, 0.5) is 10.1 Å². The zero-order valence-electron chi connectivity index (χ0n) is 25.0. The number of unbranched alkanes of at least 4 members (excludes halogenated alkanes) is 1. The van der Waals surface area contributed by atoms with Crippen LogP contribution in [0.3, 0.4) is 0 Å². The molecular weight excluding hydrogens is 553 g/mol. The summed E-state index contributed by atoms with van der Waals surface area (Å²) in [6.07, 6.45) is 3.32. The number of nitrogens with one attached hydrogen (secondary N) is 1. The second-order valence-corrected chi connectivity index (χ2v) is 12.6. The summed E-state index contributed by atoms with van der Waals surface area (Å²) in [6, 6.07) is 20.4. The van der Waals surface area contributed by atoms with Gasteiger partial charge in [-0.05, 0) is 55.5 Å². The number of carbonyl (C=O) groups excluding carboxylic acids is 2. The van der Waals surface area contributed by atoms with Crippen LogP contribution >= 0.6 is 0 Å². The molecule has 42 heavy (non-hydrogen) atoms. The number of amides is 2.